The number of rotatable bonds is 2. The van der Waals surface area contributed by atoms with Crippen molar-refractivity contribution in [2.75, 3.05) is 6.61 Å². The Bertz CT molecular complexity index is 466. The van der Waals surface area contributed by atoms with Crippen LogP contribution in [0.4, 0.5) is 13.2 Å². The molecule has 0 aromatic heterocycles. The highest BCUT2D eigenvalue weighted by Crippen LogP contribution is 2.30. The molecule has 0 fully saturated rings. The molecule has 0 radical (unpaired) electrons. The number of hydrogen-bond donors (Lipinski definition) is 0. The third-order valence-electron chi connectivity index (χ3n) is 2.88. The van der Waals surface area contributed by atoms with Crippen LogP contribution < -0.4 is 0 Å². The molecule has 0 bridgehead atoms. The quantitative estimate of drug-likeness (QED) is 0.794. The lowest BCUT2D eigenvalue weighted by Crippen LogP contribution is -2.13. The van der Waals surface area contributed by atoms with Gasteiger partial charge in [0.1, 0.15) is 6.61 Å². The van der Waals surface area contributed by atoms with Gasteiger partial charge in [-0.3, -0.25) is 0 Å². The summed E-state index contributed by atoms with van der Waals surface area (Å²) in [5.74, 6) is 0.619. The van der Waals surface area contributed by atoms with Gasteiger partial charge in [0.25, 0.3) is 0 Å². The van der Waals surface area contributed by atoms with Gasteiger partial charge in [0.2, 0.25) is 5.90 Å². The molecule has 5 heteroatoms. The summed E-state index contributed by atoms with van der Waals surface area (Å²) in [6, 6.07) is 5.08. The fraction of sp³-hybridized carbons (Fsp3) is 0.462. The van der Waals surface area contributed by atoms with Crippen molar-refractivity contribution in [1.82, 2.24) is 0 Å². The normalized spacial score (nSPS) is 19.9. The van der Waals surface area contributed by atoms with E-state index in [2.05, 4.69) is 4.99 Å². The van der Waals surface area contributed by atoms with E-state index in [9.17, 15) is 13.2 Å². The zero-order valence-corrected chi connectivity index (χ0v) is 10.2. The molecule has 0 amide bonds. The lowest BCUT2D eigenvalue weighted by molar-refractivity contribution is -0.137. The summed E-state index contributed by atoms with van der Waals surface area (Å²) in [5.41, 5.74) is -0.299. The fourth-order valence-corrected chi connectivity index (χ4v) is 1.72. The molecule has 1 aliphatic heterocycles. The molecule has 1 aliphatic rings. The predicted octanol–water partition coefficient (Wildman–Crippen LogP) is 3.51. The molecule has 0 saturated carbocycles. The number of aliphatic imine (C=N–C) groups is 1. The van der Waals surface area contributed by atoms with Crippen molar-refractivity contribution in [1.29, 1.82) is 0 Å². The van der Waals surface area contributed by atoms with Crippen molar-refractivity contribution < 1.29 is 17.9 Å². The van der Waals surface area contributed by atoms with Gasteiger partial charge >= 0.3 is 6.18 Å². The second-order valence-electron chi connectivity index (χ2n) is 4.64. The van der Waals surface area contributed by atoms with Crippen molar-refractivity contribution in [3.05, 3.63) is 35.4 Å². The van der Waals surface area contributed by atoms with Gasteiger partial charge in [-0.1, -0.05) is 19.9 Å². The Balaban J connectivity index is 2.28. The standard InChI is InChI=1S/C13H14F3NO/c1-8(2)11-7-18-12(17-11)9-4-3-5-10(6-9)13(14,15)16/h3-6,8,11H,7H2,1-2H3/t11-/m0/s1. The van der Waals surface area contributed by atoms with E-state index < -0.39 is 11.7 Å². The minimum atomic E-state index is -4.34. The van der Waals surface area contributed by atoms with Crippen LogP contribution >= 0.6 is 0 Å². The fourth-order valence-electron chi connectivity index (χ4n) is 1.72. The van der Waals surface area contributed by atoms with Crippen LogP contribution in [0.15, 0.2) is 29.3 Å². The molecule has 2 nitrogen and oxygen atoms in total. The van der Waals surface area contributed by atoms with Gasteiger partial charge in [-0.05, 0) is 24.1 Å². The summed E-state index contributed by atoms with van der Waals surface area (Å²) in [4.78, 5) is 4.31. The van der Waals surface area contributed by atoms with Crippen molar-refractivity contribution in [3.63, 3.8) is 0 Å². The summed E-state index contributed by atoms with van der Waals surface area (Å²) in [6.07, 6.45) is -4.34. The first kappa shape index (κ1) is 12.9. The summed E-state index contributed by atoms with van der Waals surface area (Å²) in [6.45, 7) is 4.45. The molecule has 0 N–H and O–H groups in total. The zero-order chi connectivity index (χ0) is 13.3. The van der Waals surface area contributed by atoms with Crippen molar-refractivity contribution in [2.24, 2.45) is 10.9 Å². The summed E-state index contributed by atoms with van der Waals surface area (Å²) in [7, 11) is 0. The minimum absolute atomic E-state index is 0.0227. The van der Waals surface area contributed by atoms with Crippen molar-refractivity contribution in [2.45, 2.75) is 26.1 Å². The maximum atomic E-state index is 12.6. The molecular formula is C13H14F3NO. The van der Waals surface area contributed by atoms with Crippen LogP contribution in [-0.4, -0.2) is 18.5 Å². The molecule has 0 aliphatic carbocycles. The van der Waals surface area contributed by atoms with Gasteiger partial charge < -0.3 is 4.74 Å². The van der Waals surface area contributed by atoms with E-state index in [1.807, 2.05) is 13.8 Å². The average Bonchev–Trinajstić information content (AvgIpc) is 2.77. The highest BCUT2D eigenvalue weighted by Gasteiger charge is 2.31. The molecule has 1 atom stereocenters. The van der Waals surface area contributed by atoms with Crippen LogP contribution in [0, 0.1) is 5.92 Å². The summed E-state index contributed by atoms with van der Waals surface area (Å²) >= 11 is 0. The monoisotopic (exact) mass is 257 g/mol. The average molecular weight is 257 g/mol. The summed E-state index contributed by atoms with van der Waals surface area (Å²) in [5, 5.41) is 0. The van der Waals surface area contributed by atoms with Gasteiger partial charge in [-0.15, -0.1) is 0 Å². The largest absolute Gasteiger partial charge is 0.475 e. The van der Waals surface area contributed by atoms with Gasteiger partial charge in [0.15, 0.2) is 0 Å². The van der Waals surface area contributed by atoms with E-state index in [1.54, 1.807) is 6.07 Å². The van der Waals surface area contributed by atoms with Crippen LogP contribution in [0.1, 0.15) is 25.0 Å². The third kappa shape index (κ3) is 2.66. The van der Waals surface area contributed by atoms with E-state index in [0.29, 0.717) is 24.0 Å². The number of nitrogens with zero attached hydrogens (tertiary/aromatic N) is 1. The van der Waals surface area contributed by atoms with E-state index >= 15 is 0 Å². The van der Waals surface area contributed by atoms with Crippen molar-refractivity contribution in [3.8, 4) is 0 Å². The van der Waals surface area contributed by atoms with E-state index in [4.69, 9.17) is 4.74 Å². The molecule has 0 spiro atoms. The molecule has 98 valence electrons. The number of halogens is 3. The third-order valence-corrected chi connectivity index (χ3v) is 2.88. The van der Waals surface area contributed by atoms with Crippen LogP contribution in [0.25, 0.3) is 0 Å². The van der Waals surface area contributed by atoms with Gasteiger partial charge in [-0.25, -0.2) is 4.99 Å². The minimum Gasteiger partial charge on any atom is -0.475 e. The van der Waals surface area contributed by atoms with Crippen LogP contribution in [0.5, 0.6) is 0 Å². The Labute approximate surface area is 103 Å². The molecule has 1 aromatic rings. The lowest BCUT2D eigenvalue weighted by atomic mass is 10.1. The van der Waals surface area contributed by atoms with Gasteiger partial charge in [0.05, 0.1) is 11.6 Å². The number of ether oxygens (including phenoxy) is 1. The maximum absolute atomic E-state index is 12.6. The molecule has 1 heterocycles. The van der Waals surface area contributed by atoms with E-state index in [1.165, 1.54) is 6.07 Å². The lowest BCUT2D eigenvalue weighted by Gasteiger charge is -2.08. The number of alkyl halides is 3. The second-order valence-corrected chi connectivity index (χ2v) is 4.64. The Hall–Kier alpha value is -1.52. The van der Waals surface area contributed by atoms with Crippen LogP contribution in [-0.2, 0) is 10.9 Å². The zero-order valence-electron chi connectivity index (χ0n) is 10.2. The van der Waals surface area contributed by atoms with E-state index in [0.717, 1.165) is 12.1 Å². The molecule has 1 aromatic carbocycles. The van der Waals surface area contributed by atoms with Crippen LogP contribution in [0.2, 0.25) is 0 Å². The molecule has 18 heavy (non-hydrogen) atoms. The van der Waals surface area contributed by atoms with E-state index in [-0.39, 0.29) is 6.04 Å². The highest BCUT2D eigenvalue weighted by atomic mass is 19.4. The Morgan fingerprint density at radius 3 is 2.61 bits per heavy atom. The predicted molar refractivity (Wildman–Crippen MR) is 62.6 cm³/mol. The smallest absolute Gasteiger partial charge is 0.416 e. The Morgan fingerprint density at radius 2 is 2.06 bits per heavy atom. The van der Waals surface area contributed by atoms with Gasteiger partial charge in [0, 0.05) is 5.56 Å². The number of benzene rings is 1. The second kappa shape index (κ2) is 4.63. The molecule has 0 unspecified atom stereocenters. The summed E-state index contributed by atoms with van der Waals surface area (Å²) < 4.78 is 43.1. The Kier molecular flexibility index (Phi) is 3.32. The topological polar surface area (TPSA) is 21.6 Å². The maximum Gasteiger partial charge on any atom is 0.416 e. The first-order chi connectivity index (χ1) is 8.38. The SMILES string of the molecule is CC(C)[C@@H]1COC(c2cccc(C(F)(F)F)c2)=N1. The molecule has 0 saturated heterocycles. The van der Waals surface area contributed by atoms with Crippen molar-refractivity contribution >= 4 is 5.90 Å². The highest BCUT2D eigenvalue weighted by molar-refractivity contribution is 5.95. The van der Waals surface area contributed by atoms with Gasteiger partial charge in [-0.2, -0.15) is 13.2 Å². The first-order valence-corrected chi connectivity index (χ1v) is 5.76. The molecule has 2 rings (SSSR count). The first-order valence-electron chi connectivity index (χ1n) is 5.76. The molecular weight excluding hydrogens is 243 g/mol. The Morgan fingerprint density at radius 1 is 1.33 bits per heavy atom. The number of hydrogen-bond acceptors (Lipinski definition) is 2. The van der Waals surface area contributed by atoms with Crippen LogP contribution in [0.3, 0.4) is 0 Å².